The van der Waals surface area contributed by atoms with Crippen molar-refractivity contribution in [1.29, 1.82) is 0 Å². The average molecular weight is 275 g/mol. The van der Waals surface area contributed by atoms with Gasteiger partial charge in [-0.15, -0.1) is 6.58 Å². The molecule has 1 heterocycles. The number of rotatable bonds is 12. The minimum atomic E-state index is 0.401. The summed E-state index contributed by atoms with van der Waals surface area (Å²) in [6, 6.07) is 0.401. The van der Waals surface area contributed by atoms with E-state index in [-0.39, 0.29) is 0 Å². The van der Waals surface area contributed by atoms with Gasteiger partial charge >= 0.3 is 0 Å². The molecule has 114 valence electrons. The zero-order valence-electron chi connectivity index (χ0n) is 13.4. The molecule has 1 nitrogen and oxygen atoms in total. The van der Waals surface area contributed by atoms with Gasteiger partial charge in [0.15, 0.2) is 0 Å². The Kier molecular flexibility index (Phi) is 10.1. The molecule has 0 spiro atoms. The normalized spacial score (nSPS) is 17.6. The van der Waals surface area contributed by atoms with Gasteiger partial charge < -0.3 is 4.90 Å². The van der Waals surface area contributed by atoms with Gasteiger partial charge in [-0.2, -0.15) is 0 Å². The summed E-state index contributed by atoms with van der Waals surface area (Å²) in [5.74, 6) is 0. The fraction of sp³-hybridized carbons (Fsp3) is 0.684. The maximum atomic E-state index is 3.91. The topological polar surface area (TPSA) is 3.24 Å². The van der Waals surface area contributed by atoms with E-state index in [0.717, 1.165) is 6.54 Å². The van der Waals surface area contributed by atoms with E-state index < -0.39 is 0 Å². The first-order valence-electron chi connectivity index (χ1n) is 8.61. The molecule has 0 fully saturated rings. The molecule has 0 aliphatic carbocycles. The van der Waals surface area contributed by atoms with Crippen LogP contribution in [0.25, 0.3) is 0 Å². The summed E-state index contributed by atoms with van der Waals surface area (Å²) in [5, 5.41) is 0. The second-order valence-corrected chi connectivity index (χ2v) is 5.87. The monoisotopic (exact) mass is 275 g/mol. The number of unbranched alkanes of at least 4 members (excludes halogenated alkanes) is 9. The quantitative estimate of drug-likeness (QED) is 0.319. The van der Waals surface area contributed by atoms with Gasteiger partial charge in [0, 0.05) is 6.54 Å². The molecule has 0 saturated heterocycles. The van der Waals surface area contributed by atoms with Crippen molar-refractivity contribution in [3.05, 3.63) is 37.1 Å². The smallest absolute Gasteiger partial charge is 0.0652 e. The highest BCUT2D eigenvalue weighted by Gasteiger charge is 2.09. The van der Waals surface area contributed by atoms with Crippen molar-refractivity contribution in [2.45, 2.75) is 77.2 Å². The van der Waals surface area contributed by atoms with Crippen molar-refractivity contribution in [2.24, 2.45) is 0 Å². The lowest BCUT2D eigenvalue weighted by Gasteiger charge is -2.28. The van der Waals surface area contributed by atoms with Crippen molar-refractivity contribution < 1.29 is 0 Å². The van der Waals surface area contributed by atoms with Gasteiger partial charge in [-0.25, -0.2) is 0 Å². The lowest BCUT2D eigenvalue weighted by atomic mass is 10.1. The molecular formula is C19H33N. The third-order valence-electron chi connectivity index (χ3n) is 4.09. The highest BCUT2D eigenvalue weighted by atomic mass is 15.1. The zero-order chi connectivity index (χ0) is 14.5. The van der Waals surface area contributed by atoms with Crippen LogP contribution in [0.15, 0.2) is 37.1 Å². The highest BCUT2D eigenvalue weighted by Crippen LogP contribution is 2.13. The van der Waals surface area contributed by atoms with Crippen molar-refractivity contribution in [2.75, 3.05) is 6.54 Å². The molecule has 1 rings (SSSR count). The number of allylic oxidation sites excluding steroid dienone is 2. The molecule has 1 aliphatic rings. The molecule has 0 radical (unpaired) electrons. The molecule has 0 aromatic heterocycles. The van der Waals surface area contributed by atoms with E-state index in [4.69, 9.17) is 0 Å². The Morgan fingerprint density at radius 2 is 1.50 bits per heavy atom. The third kappa shape index (κ3) is 7.57. The summed E-state index contributed by atoms with van der Waals surface area (Å²) < 4.78 is 0. The third-order valence-corrected chi connectivity index (χ3v) is 4.09. The van der Waals surface area contributed by atoms with Crippen LogP contribution in [0.2, 0.25) is 0 Å². The van der Waals surface area contributed by atoms with Crippen molar-refractivity contribution in [3.8, 4) is 0 Å². The Labute approximate surface area is 126 Å². The van der Waals surface area contributed by atoms with Gasteiger partial charge in [0.2, 0.25) is 0 Å². The molecule has 1 unspecified atom stereocenters. The van der Waals surface area contributed by atoms with Crippen LogP contribution in [0, 0.1) is 0 Å². The van der Waals surface area contributed by atoms with E-state index in [2.05, 4.69) is 42.8 Å². The summed E-state index contributed by atoms with van der Waals surface area (Å²) in [7, 11) is 0. The van der Waals surface area contributed by atoms with E-state index in [1.807, 2.05) is 6.08 Å². The molecular weight excluding hydrogens is 242 g/mol. The van der Waals surface area contributed by atoms with E-state index in [0.29, 0.717) is 6.04 Å². The average Bonchev–Trinajstić information content (AvgIpc) is 2.49. The Hall–Kier alpha value is -0.980. The molecule has 1 atom stereocenters. The first-order valence-corrected chi connectivity index (χ1v) is 8.61. The van der Waals surface area contributed by atoms with Crippen LogP contribution in [0.3, 0.4) is 0 Å². The van der Waals surface area contributed by atoms with Crippen molar-refractivity contribution in [3.63, 3.8) is 0 Å². The Bertz CT molecular complexity index is 290. The molecule has 0 aromatic carbocycles. The Morgan fingerprint density at radius 3 is 2.10 bits per heavy atom. The predicted molar refractivity (Wildman–Crippen MR) is 90.8 cm³/mol. The van der Waals surface area contributed by atoms with Crippen LogP contribution in [0.5, 0.6) is 0 Å². The SMILES string of the molecule is C=CC1C=CC=CN1CCCCCCCCCCCC. The van der Waals surface area contributed by atoms with Crippen molar-refractivity contribution >= 4 is 0 Å². The summed E-state index contributed by atoms with van der Waals surface area (Å²) in [5.41, 5.74) is 0. The number of nitrogens with zero attached hydrogens (tertiary/aromatic N) is 1. The molecule has 0 N–H and O–H groups in total. The van der Waals surface area contributed by atoms with E-state index >= 15 is 0 Å². The van der Waals surface area contributed by atoms with Crippen LogP contribution in [-0.4, -0.2) is 17.5 Å². The molecule has 0 amide bonds. The van der Waals surface area contributed by atoms with Crippen LogP contribution < -0.4 is 0 Å². The minimum Gasteiger partial charge on any atom is -0.368 e. The van der Waals surface area contributed by atoms with Crippen LogP contribution in [0.4, 0.5) is 0 Å². The lowest BCUT2D eigenvalue weighted by Crippen LogP contribution is -2.29. The second kappa shape index (κ2) is 11.8. The number of hydrogen-bond donors (Lipinski definition) is 0. The Balaban J connectivity index is 1.90. The summed E-state index contributed by atoms with van der Waals surface area (Å²) in [6.45, 7) is 7.35. The Morgan fingerprint density at radius 1 is 0.900 bits per heavy atom. The number of hydrogen-bond acceptors (Lipinski definition) is 1. The second-order valence-electron chi connectivity index (χ2n) is 5.87. The van der Waals surface area contributed by atoms with E-state index in [9.17, 15) is 0 Å². The van der Waals surface area contributed by atoms with Crippen LogP contribution in [0.1, 0.15) is 71.1 Å². The van der Waals surface area contributed by atoms with Gasteiger partial charge in [-0.1, -0.05) is 82.9 Å². The van der Waals surface area contributed by atoms with E-state index in [1.165, 1.54) is 64.2 Å². The minimum absolute atomic E-state index is 0.401. The standard InChI is InChI=1S/C19H33N/c1-3-5-6-7-8-9-10-11-12-14-17-20-18-15-13-16-19(20)4-2/h4,13,15-16,18-19H,2-3,5-12,14,17H2,1H3. The highest BCUT2D eigenvalue weighted by molar-refractivity contribution is 5.17. The fourth-order valence-electron chi connectivity index (χ4n) is 2.77. The first kappa shape index (κ1) is 17.1. The predicted octanol–water partition coefficient (Wildman–Crippen LogP) is 5.85. The van der Waals surface area contributed by atoms with Crippen molar-refractivity contribution in [1.82, 2.24) is 4.90 Å². The summed E-state index contributed by atoms with van der Waals surface area (Å²) in [4.78, 5) is 2.39. The van der Waals surface area contributed by atoms with Crippen LogP contribution in [-0.2, 0) is 0 Å². The molecule has 1 heteroatoms. The molecule has 0 bridgehead atoms. The molecule has 20 heavy (non-hydrogen) atoms. The van der Waals surface area contributed by atoms with Gasteiger partial charge in [0.05, 0.1) is 6.04 Å². The lowest BCUT2D eigenvalue weighted by molar-refractivity contribution is 0.343. The zero-order valence-corrected chi connectivity index (χ0v) is 13.4. The van der Waals surface area contributed by atoms with Gasteiger partial charge in [-0.05, 0) is 18.7 Å². The largest absolute Gasteiger partial charge is 0.368 e. The summed E-state index contributed by atoms with van der Waals surface area (Å²) >= 11 is 0. The van der Waals surface area contributed by atoms with E-state index in [1.54, 1.807) is 0 Å². The van der Waals surface area contributed by atoms with Gasteiger partial charge in [-0.3, -0.25) is 0 Å². The summed E-state index contributed by atoms with van der Waals surface area (Å²) in [6.07, 6.45) is 24.7. The van der Waals surface area contributed by atoms with Gasteiger partial charge in [0.25, 0.3) is 0 Å². The first-order chi connectivity index (χ1) is 9.88. The van der Waals surface area contributed by atoms with Gasteiger partial charge in [0.1, 0.15) is 0 Å². The molecule has 1 aliphatic heterocycles. The van der Waals surface area contributed by atoms with Crippen LogP contribution >= 0.6 is 0 Å². The molecule has 0 saturated carbocycles. The maximum absolute atomic E-state index is 3.91. The maximum Gasteiger partial charge on any atom is 0.0652 e. The molecule has 0 aromatic rings. The fourth-order valence-corrected chi connectivity index (χ4v) is 2.77.